The Hall–Kier alpha value is -1.42. The van der Waals surface area contributed by atoms with Crippen LogP contribution < -0.4 is 0 Å². The van der Waals surface area contributed by atoms with E-state index < -0.39 is 0 Å². The van der Waals surface area contributed by atoms with E-state index in [1.807, 2.05) is 0 Å². The van der Waals surface area contributed by atoms with Gasteiger partial charge in [-0.1, -0.05) is 29.7 Å². The van der Waals surface area contributed by atoms with Gasteiger partial charge in [-0.3, -0.25) is 0 Å². The largest absolute Gasteiger partial charge is 0.384 e. The molecule has 0 bridgehead atoms. The number of rotatable bonds is 3. The van der Waals surface area contributed by atoms with Gasteiger partial charge in [0.05, 0.1) is 5.56 Å². The summed E-state index contributed by atoms with van der Waals surface area (Å²) in [5, 5.41) is 8.60. The number of hydrogen-bond donors (Lipinski definition) is 1. The van der Waals surface area contributed by atoms with Crippen molar-refractivity contribution in [3.8, 4) is 11.8 Å². The fourth-order valence-corrected chi connectivity index (χ4v) is 2.65. The molecule has 0 atom stereocenters. The van der Waals surface area contributed by atoms with E-state index in [1.54, 1.807) is 23.9 Å². The van der Waals surface area contributed by atoms with Crippen molar-refractivity contribution in [3.63, 3.8) is 0 Å². The molecule has 1 aromatic carbocycles. The first kappa shape index (κ1) is 13.0. The highest BCUT2D eigenvalue weighted by atomic mass is 32.2. The lowest BCUT2D eigenvalue weighted by molar-refractivity contribution is 0.350. The van der Waals surface area contributed by atoms with Crippen molar-refractivity contribution in [2.75, 3.05) is 6.61 Å². The molecule has 3 nitrogen and oxygen atoms in total. The van der Waals surface area contributed by atoms with E-state index in [0.717, 1.165) is 9.90 Å². The van der Waals surface area contributed by atoms with Crippen LogP contribution in [-0.2, 0) is 5.75 Å². The van der Waals surface area contributed by atoms with Gasteiger partial charge in [0.2, 0.25) is 0 Å². The van der Waals surface area contributed by atoms with Gasteiger partial charge in [0.25, 0.3) is 0 Å². The monoisotopic (exact) mass is 280 g/mol. The summed E-state index contributed by atoms with van der Waals surface area (Å²) in [5.74, 6) is 5.34. The molecule has 0 spiro atoms. The molecular weight excluding hydrogens is 271 g/mol. The molecule has 18 heavy (non-hydrogen) atoms. The molecule has 0 unspecified atom stereocenters. The smallest absolute Gasteiger partial charge is 0.170 e. The predicted molar refractivity (Wildman–Crippen MR) is 69.8 cm³/mol. The minimum absolute atomic E-state index is 0.275. The van der Waals surface area contributed by atoms with Crippen LogP contribution in [0.1, 0.15) is 11.1 Å². The lowest BCUT2D eigenvalue weighted by Gasteiger charge is -2.01. The van der Waals surface area contributed by atoms with Gasteiger partial charge in [0, 0.05) is 5.75 Å². The lowest BCUT2D eigenvalue weighted by atomic mass is 10.1. The summed E-state index contributed by atoms with van der Waals surface area (Å²) in [6.07, 6.45) is 1.51. The van der Waals surface area contributed by atoms with Gasteiger partial charge in [-0.25, -0.2) is 9.37 Å². The Bertz CT molecular complexity index is 576. The molecule has 0 saturated carbocycles. The van der Waals surface area contributed by atoms with Crippen molar-refractivity contribution in [2.24, 2.45) is 0 Å². The SMILES string of the molecule is OCC#Cc1cc(CSc2ncns2)ccc1F. The summed E-state index contributed by atoms with van der Waals surface area (Å²) < 4.78 is 18.2. The van der Waals surface area contributed by atoms with Gasteiger partial charge in [-0.15, -0.1) is 0 Å². The normalized spacial score (nSPS) is 9.89. The number of benzene rings is 1. The lowest BCUT2D eigenvalue weighted by Crippen LogP contribution is -1.88. The van der Waals surface area contributed by atoms with Gasteiger partial charge < -0.3 is 5.11 Å². The first-order valence-electron chi connectivity index (χ1n) is 5.07. The summed E-state index contributed by atoms with van der Waals surface area (Å²) in [6.45, 7) is -0.275. The molecule has 92 valence electrons. The Kier molecular flexibility index (Phi) is 4.70. The Morgan fingerprint density at radius 3 is 3.06 bits per heavy atom. The van der Waals surface area contributed by atoms with Crippen molar-refractivity contribution < 1.29 is 9.50 Å². The molecule has 0 radical (unpaired) electrons. The van der Waals surface area contributed by atoms with Gasteiger partial charge >= 0.3 is 0 Å². The maximum atomic E-state index is 13.4. The van der Waals surface area contributed by atoms with E-state index in [0.29, 0.717) is 11.3 Å². The van der Waals surface area contributed by atoms with Crippen LogP contribution in [0.25, 0.3) is 0 Å². The Morgan fingerprint density at radius 1 is 1.44 bits per heavy atom. The Morgan fingerprint density at radius 2 is 2.33 bits per heavy atom. The zero-order valence-corrected chi connectivity index (χ0v) is 10.9. The molecule has 1 N–H and O–H groups in total. The van der Waals surface area contributed by atoms with Gasteiger partial charge in [0.1, 0.15) is 18.8 Å². The van der Waals surface area contributed by atoms with E-state index in [-0.39, 0.29) is 12.4 Å². The minimum atomic E-state index is -0.374. The second-order valence-electron chi connectivity index (χ2n) is 3.27. The third-order valence-corrected chi connectivity index (χ3v) is 3.90. The summed E-state index contributed by atoms with van der Waals surface area (Å²) in [5.41, 5.74) is 1.26. The zero-order valence-electron chi connectivity index (χ0n) is 9.26. The summed E-state index contributed by atoms with van der Waals surface area (Å²) in [4.78, 5) is 4.06. The molecule has 0 aliphatic rings. The number of nitrogens with zero attached hydrogens (tertiary/aromatic N) is 2. The maximum Gasteiger partial charge on any atom is 0.170 e. The maximum absolute atomic E-state index is 13.4. The molecule has 1 heterocycles. The fraction of sp³-hybridized carbons (Fsp3) is 0.167. The average Bonchev–Trinajstić information content (AvgIpc) is 2.89. The number of hydrogen-bond acceptors (Lipinski definition) is 5. The molecule has 2 rings (SSSR count). The molecule has 2 aromatic rings. The van der Waals surface area contributed by atoms with E-state index in [9.17, 15) is 4.39 Å². The average molecular weight is 280 g/mol. The first-order chi connectivity index (χ1) is 8.79. The van der Waals surface area contributed by atoms with Crippen LogP contribution in [0.2, 0.25) is 0 Å². The number of aliphatic hydroxyl groups excluding tert-OH is 1. The first-order valence-corrected chi connectivity index (χ1v) is 6.83. The number of halogens is 1. The van der Waals surface area contributed by atoms with E-state index >= 15 is 0 Å². The van der Waals surface area contributed by atoms with Crippen LogP contribution in [-0.4, -0.2) is 21.1 Å². The van der Waals surface area contributed by atoms with Crippen molar-refractivity contribution in [1.29, 1.82) is 0 Å². The highest BCUT2D eigenvalue weighted by Gasteiger charge is 2.03. The standard InChI is InChI=1S/C12H9FN2OS2/c13-11-4-3-9(6-10(11)2-1-5-16)7-17-12-14-8-15-18-12/h3-4,6,8,16H,5,7H2. The molecule has 0 amide bonds. The minimum Gasteiger partial charge on any atom is -0.384 e. The molecule has 0 saturated heterocycles. The van der Waals surface area contributed by atoms with E-state index in [4.69, 9.17) is 5.11 Å². The molecule has 6 heteroatoms. The zero-order chi connectivity index (χ0) is 12.8. The number of aliphatic hydroxyl groups is 1. The van der Waals surface area contributed by atoms with Crippen LogP contribution in [0.5, 0.6) is 0 Å². The van der Waals surface area contributed by atoms with Crippen molar-refractivity contribution in [2.45, 2.75) is 10.1 Å². The highest BCUT2D eigenvalue weighted by Crippen LogP contribution is 2.23. The van der Waals surface area contributed by atoms with E-state index in [1.165, 1.54) is 23.9 Å². The second-order valence-corrected chi connectivity index (χ2v) is 5.27. The van der Waals surface area contributed by atoms with Crippen molar-refractivity contribution >= 4 is 23.3 Å². The summed E-state index contributed by atoms with van der Waals surface area (Å²) in [6, 6.07) is 4.79. The third kappa shape index (κ3) is 3.53. The van der Waals surface area contributed by atoms with Gasteiger partial charge in [0.15, 0.2) is 4.34 Å². The predicted octanol–water partition coefficient (Wildman–Crippen LogP) is 2.31. The molecule has 1 aromatic heterocycles. The quantitative estimate of drug-likeness (QED) is 0.692. The van der Waals surface area contributed by atoms with Crippen LogP contribution in [0.3, 0.4) is 0 Å². The Balaban J connectivity index is 2.09. The highest BCUT2D eigenvalue weighted by molar-refractivity contribution is 8.00. The Labute approximate surface area is 112 Å². The molecule has 0 aliphatic heterocycles. The van der Waals surface area contributed by atoms with Gasteiger partial charge in [-0.05, 0) is 29.2 Å². The van der Waals surface area contributed by atoms with E-state index in [2.05, 4.69) is 21.2 Å². The van der Waals surface area contributed by atoms with Crippen molar-refractivity contribution in [1.82, 2.24) is 9.36 Å². The second kappa shape index (κ2) is 6.50. The number of thioether (sulfide) groups is 1. The summed E-state index contributed by atoms with van der Waals surface area (Å²) in [7, 11) is 0. The molecule has 0 fully saturated rings. The third-order valence-electron chi connectivity index (χ3n) is 2.04. The van der Waals surface area contributed by atoms with Crippen LogP contribution in [0.15, 0.2) is 28.9 Å². The van der Waals surface area contributed by atoms with Crippen molar-refractivity contribution in [3.05, 3.63) is 41.5 Å². The fourth-order valence-electron chi connectivity index (χ4n) is 1.26. The van der Waals surface area contributed by atoms with Crippen LogP contribution in [0.4, 0.5) is 4.39 Å². The molecular formula is C12H9FN2OS2. The van der Waals surface area contributed by atoms with Gasteiger partial charge in [-0.2, -0.15) is 4.37 Å². The topological polar surface area (TPSA) is 46.0 Å². The molecule has 0 aliphatic carbocycles. The van der Waals surface area contributed by atoms with Crippen LogP contribution in [0, 0.1) is 17.7 Å². The van der Waals surface area contributed by atoms with Crippen LogP contribution >= 0.6 is 23.3 Å². The summed E-state index contributed by atoms with van der Waals surface area (Å²) >= 11 is 2.87. The number of aromatic nitrogens is 2.